The van der Waals surface area contributed by atoms with E-state index in [-0.39, 0.29) is 11.9 Å². The monoisotopic (exact) mass is 262 g/mol. The molecule has 1 aromatic rings. The molecule has 0 bridgehead atoms. The van der Waals surface area contributed by atoms with E-state index in [0.717, 1.165) is 24.8 Å². The van der Waals surface area contributed by atoms with E-state index in [4.69, 9.17) is 5.73 Å². The first kappa shape index (κ1) is 15.7. The van der Waals surface area contributed by atoms with Crippen LogP contribution in [0.15, 0.2) is 18.2 Å². The van der Waals surface area contributed by atoms with Gasteiger partial charge in [0.25, 0.3) is 0 Å². The number of hydrogen-bond acceptors (Lipinski definition) is 2. The van der Waals surface area contributed by atoms with Crippen molar-refractivity contribution in [2.24, 2.45) is 5.73 Å². The van der Waals surface area contributed by atoms with Crippen molar-refractivity contribution in [2.75, 3.05) is 6.54 Å². The Bertz CT molecular complexity index is 415. The maximum atomic E-state index is 12.0. The van der Waals surface area contributed by atoms with Gasteiger partial charge in [-0.05, 0) is 37.0 Å². The molecule has 1 amide bonds. The number of carbonyl (C=O) groups is 1. The number of amides is 1. The SMILES string of the molecule is CCCCC(CN)NC(=O)Cc1ccc(C)c(C)c1. The Labute approximate surface area is 116 Å². The van der Waals surface area contributed by atoms with Crippen LogP contribution in [0.1, 0.15) is 42.9 Å². The summed E-state index contributed by atoms with van der Waals surface area (Å²) >= 11 is 0. The summed E-state index contributed by atoms with van der Waals surface area (Å²) < 4.78 is 0. The van der Waals surface area contributed by atoms with Gasteiger partial charge in [0.2, 0.25) is 5.91 Å². The lowest BCUT2D eigenvalue weighted by atomic mass is 10.0. The topological polar surface area (TPSA) is 55.1 Å². The summed E-state index contributed by atoms with van der Waals surface area (Å²) in [5, 5.41) is 3.02. The second kappa shape index (κ2) is 7.95. The Morgan fingerprint density at radius 2 is 2.05 bits per heavy atom. The van der Waals surface area contributed by atoms with Crippen LogP contribution < -0.4 is 11.1 Å². The summed E-state index contributed by atoms with van der Waals surface area (Å²) in [6, 6.07) is 6.28. The number of benzene rings is 1. The van der Waals surface area contributed by atoms with Gasteiger partial charge in [-0.3, -0.25) is 4.79 Å². The van der Waals surface area contributed by atoms with Gasteiger partial charge in [0, 0.05) is 12.6 Å². The quantitative estimate of drug-likeness (QED) is 0.793. The number of nitrogens with one attached hydrogen (secondary N) is 1. The molecule has 0 heterocycles. The van der Waals surface area contributed by atoms with Gasteiger partial charge >= 0.3 is 0 Å². The van der Waals surface area contributed by atoms with E-state index in [1.165, 1.54) is 11.1 Å². The van der Waals surface area contributed by atoms with Gasteiger partial charge in [-0.25, -0.2) is 0 Å². The highest BCUT2D eigenvalue weighted by molar-refractivity contribution is 5.79. The van der Waals surface area contributed by atoms with Crippen LogP contribution in [0.4, 0.5) is 0 Å². The number of unbranched alkanes of at least 4 members (excludes halogenated alkanes) is 1. The molecule has 0 spiro atoms. The summed E-state index contributed by atoms with van der Waals surface area (Å²) in [5.74, 6) is 0.0646. The molecule has 106 valence electrons. The predicted molar refractivity (Wildman–Crippen MR) is 80.1 cm³/mol. The summed E-state index contributed by atoms with van der Waals surface area (Å²) in [6.07, 6.45) is 3.63. The Morgan fingerprint density at radius 3 is 2.63 bits per heavy atom. The second-order valence-corrected chi connectivity index (χ2v) is 5.24. The Morgan fingerprint density at radius 1 is 1.32 bits per heavy atom. The van der Waals surface area contributed by atoms with Crippen LogP contribution in [0.5, 0.6) is 0 Å². The average molecular weight is 262 g/mol. The highest BCUT2D eigenvalue weighted by atomic mass is 16.1. The van der Waals surface area contributed by atoms with Gasteiger partial charge in [-0.15, -0.1) is 0 Å². The average Bonchev–Trinajstić information content (AvgIpc) is 2.38. The molecule has 3 nitrogen and oxygen atoms in total. The number of carbonyl (C=O) groups excluding carboxylic acids is 1. The van der Waals surface area contributed by atoms with E-state index in [9.17, 15) is 4.79 Å². The molecule has 1 rings (SSSR count). The second-order valence-electron chi connectivity index (χ2n) is 5.24. The van der Waals surface area contributed by atoms with E-state index in [1.807, 2.05) is 6.07 Å². The van der Waals surface area contributed by atoms with Crippen molar-refractivity contribution < 1.29 is 4.79 Å². The number of hydrogen-bond donors (Lipinski definition) is 2. The van der Waals surface area contributed by atoms with Crippen molar-refractivity contribution in [2.45, 2.75) is 52.5 Å². The predicted octanol–water partition coefficient (Wildman–Crippen LogP) is 2.48. The molecule has 19 heavy (non-hydrogen) atoms. The van der Waals surface area contributed by atoms with Crippen LogP contribution >= 0.6 is 0 Å². The first-order chi connectivity index (χ1) is 9.06. The van der Waals surface area contributed by atoms with Gasteiger partial charge in [-0.1, -0.05) is 38.0 Å². The minimum atomic E-state index is 0.0646. The van der Waals surface area contributed by atoms with Crippen LogP contribution in [0.25, 0.3) is 0 Å². The molecule has 1 atom stereocenters. The molecular weight excluding hydrogens is 236 g/mol. The minimum Gasteiger partial charge on any atom is -0.352 e. The van der Waals surface area contributed by atoms with Crippen molar-refractivity contribution in [3.8, 4) is 0 Å². The smallest absolute Gasteiger partial charge is 0.224 e. The summed E-state index contributed by atoms with van der Waals surface area (Å²) in [4.78, 5) is 12.0. The molecule has 3 N–H and O–H groups in total. The lowest BCUT2D eigenvalue weighted by molar-refractivity contribution is -0.121. The lowest BCUT2D eigenvalue weighted by Gasteiger charge is -2.16. The third kappa shape index (κ3) is 5.43. The molecule has 0 fully saturated rings. The number of rotatable bonds is 7. The van der Waals surface area contributed by atoms with Crippen LogP contribution in [0, 0.1) is 13.8 Å². The van der Waals surface area contributed by atoms with Crippen LogP contribution in [-0.2, 0) is 11.2 Å². The molecule has 0 aliphatic heterocycles. The zero-order valence-corrected chi connectivity index (χ0v) is 12.3. The number of aryl methyl sites for hydroxylation is 2. The maximum Gasteiger partial charge on any atom is 0.224 e. The van der Waals surface area contributed by atoms with E-state index < -0.39 is 0 Å². The molecule has 1 unspecified atom stereocenters. The van der Waals surface area contributed by atoms with Crippen molar-refractivity contribution >= 4 is 5.91 Å². The highest BCUT2D eigenvalue weighted by Crippen LogP contribution is 2.10. The van der Waals surface area contributed by atoms with Gasteiger partial charge in [0.05, 0.1) is 6.42 Å². The van der Waals surface area contributed by atoms with E-state index in [2.05, 4.69) is 38.2 Å². The van der Waals surface area contributed by atoms with Crippen molar-refractivity contribution in [3.63, 3.8) is 0 Å². The molecule has 0 aliphatic rings. The van der Waals surface area contributed by atoms with E-state index in [0.29, 0.717) is 13.0 Å². The van der Waals surface area contributed by atoms with Gasteiger partial charge < -0.3 is 11.1 Å². The molecule has 0 radical (unpaired) electrons. The molecule has 0 aromatic heterocycles. The first-order valence-electron chi connectivity index (χ1n) is 7.12. The third-order valence-electron chi connectivity index (χ3n) is 3.49. The van der Waals surface area contributed by atoms with Crippen molar-refractivity contribution in [1.82, 2.24) is 5.32 Å². The molecule has 3 heteroatoms. The Balaban J connectivity index is 2.51. The summed E-state index contributed by atoms with van der Waals surface area (Å²) in [7, 11) is 0. The van der Waals surface area contributed by atoms with E-state index in [1.54, 1.807) is 0 Å². The number of nitrogens with two attached hydrogens (primary N) is 1. The molecule has 0 aliphatic carbocycles. The van der Waals surface area contributed by atoms with Gasteiger partial charge in [0.1, 0.15) is 0 Å². The molecular formula is C16H26N2O. The molecule has 1 aromatic carbocycles. The van der Waals surface area contributed by atoms with Gasteiger partial charge in [0.15, 0.2) is 0 Å². The largest absolute Gasteiger partial charge is 0.352 e. The molecule has 0 saturated heterocycles. The van der Waals surface area contributed by atoms with Crippen molar-refractivity contribution in [3.05, 3.63) is 34.9 Å². The van der Waals surface area contributed by atoms with Crippen molar-refractivity contribution in [1.29, 1.82) is 0 Å². The normalized spacial score (nSPS) is 12.2. The fraction of sp³-hybridized carbons (Fsp3) is 0.562. The zero-order chi connectivity index (χ0) is 14.3. The standard InChI is InChI=1S/C16H26N2O/c1-4-5-6-15(11-17)18-16(19)10-14-8-7-12(2)13(3)9-14/h7-9,15H,4-6,10-11,17H2,1-3H3,(H,18,19). The minimum absolute atomic E-state index is 0.0646. The molecule has 0 saturated carbocycles. The van der Waals surface area contributed by atoms with Crippen LogP contribution in [0.3, 0.4) is 0 Å². The fourth-order valence-electron chi connectivity index (χ4n) is 2.08. The Hall–Kier alpha value is -1.35. The fourth-order valence-corrected chi connectivity index (χ4v) is 2.08. The van der Waals surface area contributed by atoms with Crippen LogP contribution in [0.2, 0.25) is 0 Å². The van der Waals surface area contributed by atoms with E-state index >= 15 is 0 Å². The zero-order valence-electron chi connectivity index (χ0n) is 12.3. The summed E-state index contributed by atoms with van der Waals surface area (Å²) in [5.41, 5.74) is 9.23. The summed E-state index contributed by atoms with van der Waals surface area (Å²) in [6.45, 7) is 6.80. The first-order valence-corrected chi connectivity index (χ1v) is 7.12. The highest BCUT2D eigenvalue weighted by Gasteiger charge is 2.10. The van der Waals surface area contributed by atoms with Gasteiger partial charge in [-0.2, -0.15) is 0 Å². The third-order valence-corrected chi connectivity index (χ3v) is 3.49. The maximum absolute atomic E-state index is 12.0. The lowest BCUT2D eigenvalue weighted by Crippen LogP contribution is -2.40. The van der Waals surface area contributed by atoms with Crippen LogP contribution in [-0.4, -0.2) is 18.5 Å². The Kier molecular flexibility index (Phi) is 6.57.